The van der Waals surface area contributed by atoms with Crippen molar-refractivity contribution in [2.45, 2.75) is 77.9 Å². The summed E-state index contributed by atoms with van der Waals surface area (Å²) in [6.07, 6.45) is 1.13. The molecule has 20 heteroatoms. The number of piperidine rings is 2. The Bertz CT molecular complexity index is 1990. The summed E-state index contributed by atoms with van der Waals surface area (Å²) in [5.74, 6) is 1.35. The molecule has 2 heterocycles. The molecule has 6 atom stereocenters. The molecule has 6 rings (SSSR count). The van der Waals surface area contributed by atoms with Gasteiger partial charge in [0.2, 0.25) is 0 Å². The van der Waals surface area contributed by atoms with Gasteiger partial charge in [0, 0.05) is 69.5 Å². The number of unbranched alkanes of at least 4 members (excludes halogenated alkanes) is 1. The van der Waals surface area contributed by atoms with Gasteiger partial charge >= 0.3 is 17.9 Å². The number of nitrogens with zero attached hydrogens (tertiary/aromatic N) is 3. The molecular weight excluding hydrogens is 893 g/mol. The van der Waals surface area contributed by atoms with Crippen LogP contribution in [0.25, 0.3) is 0 Å². The fourth-order valence-electron chi connectivity index (χ4n) is 6.87. The van der Waals surface area contributed by atoms with Crippen LogP contribution in [-0.2, 0) is 28.6 Å². The number of hydrogen-bond acceptors (Lipinski definition) is 14. The second kappa shape index (κ2) is 30.9. The molecule has 3 aromatic carbocycles. The topological polar surface area (TPSA) is 306 Å². The largest absolute Gasteiger partial charge is 0.490 e. The van der Waals surface area contributed by atoms with Gasteiger partial charge in [-0.2, -0.15) is 0 Å². The molecule has 2 aliphatic heterocycles. The van der Waals surface area contributed by atoms with E-state index in [0.717, 1.165) is 68.6 Å². The third-order valence-electron chi connectivity index (χ3n) is 11.1. The van der Waals surface area contributed by atoms with Crippen molar-refractivity contribution in [3.63, 3.8) is 0 Å². The third kappa shape index (κ3) is 19.7. The van der Waals surface area contributed by atoms with Crippen LogP contribution in [0.2, 0.25) is 0 Å². The number of amidine groups is 3. The van der Waals surface area contributed by atoms with E-state index in [-0.39, 0.29) is 40.7 Å². The molecule has 1 saturated carbocycles. The summed E-state index contributed by atoms with van der Waals surface area (Å²) in [6, 6.07) is 21.9. The van der Waals surface area contributed by atoms with E-state index >= 15 is 0 Å². The second-order valence-electron chi connectivity index (χ2n) is 15.8. The van der Waals surface area contributed by atoms with Crippen molar-refractivity contribution in [2.24, 2.45) is 44.0 Å². The van der Waals surface area contributed by atoms with Gasteiger partial charge in [0.15, 0.2) is 18.3 Å². The summed E-state index contributed by atoms with van der Waals surface area (Å²) in [5, 5.41) is 33.2. The number of benzene rings is 3. The van der Waals surface area contributed by atoms with Crippen LogP contribution in [0.5, 0.6) is 17.2 Å². The Kier molecular flexibility index (Phi) is 26.4. The first kappa shape index (κ1) is 58.8. The quantitative estimate of drug-likeness (QED) is 0.0382. The molecule has 11 N–H and O–H groups in total. The zero-order chi connectivity index (χ0) is 48.7. The second-order valence-corrected chi connectivity index (χ2v) is 15.8. The number of methoxy groups -OCH3 is 3. The molecule has 3 aromatic rings. The number of nitrogens with two attached hydrogens (primary N) is 3. The SMILES string of the molecule is C.C.CCCCN=C(N)c1ccc(OC[C@H](OC)C(=O)O)cc1.CO[C@@H](COc1ccc(C(N)=NC2CCNCC2)cc1)C(=O)O.CO[C@@H](COc1ccc(C(N)=NC2[C@H]3CNC[C@@H]23)cc1)C(=O)O. The van der Waals surface area contributed by atoms with Gasteiger partial charge < -0.3 is 71.6 Å². The predicted molar refractivity (Wildman–Crippen MR) is 266 cm³/mol. The normalized spacial score (nSPS) is 19.0. The van der Waals surface area contributed by atoms with Gasteiger partial charge in [-0.1, -0.05) is 28.2 Å². The summed E-state index contributed by atoms with van der Waals surface area (Å²) >= 11 is 0. The Hall–Kier alpha value is -6.32. The highest BCUT2D eigenvalue weighted by atomic mass is 16.6. The van der Waals surface area contributed by atoms with E-state index in [1.807, 2.05) is 24.3 Å². The van der Waals surface area contributed by atoms with Gasteiger partial charge in [-0.3, -0.25) is 15.0 Å². The summed E-state index contributed by atoms with van der Waals surface area (Å²) in [6.45, 7) is 6.67. The molecule has 0 amide bonds. The Morgan fingerprint density at radius 3 is 1.30 bits per heavy atom. The minimum absolute atomic E-state index is 0. The van der Waals surface area contributed by atoms with E-state index in [2.05, 4.69) is 32.5 Å². The van der Waals surface area contributed by atoms with Crippen LogP contribution in [0.4, 0.5) is 0 Å². The smallest absolute Gasteiger partial charge is 0.336 e. The molecule has 0 radical (unpaired) electrons. The van der Waals surface area contributed by atoms with E-state index in [4.69, 9.17) is 60.9 Å². The van der Waals surface area contributed by atoms with Gasteiger partial charge in [0.25, 0.3) is 0 Å². The molecule has 1 aliphatic carbocycles. The average molecular weight is 967 g/mol. The number of aliphatic imine (C=N–C) groups is 3. The zero-order valence-electron chi connectivity index (χ0n) is 38.5. The summed E-state index contributed by atoms with van der Waals surface area (Å²) in [4.78, 5) is 45.9. The number of carboxylic acids is 3. The monoisotopic (exact) mass is 967 g/mol. The standard InChI is InChI=1S/C16H21N3O4.C16H23N3O4.C15H22N2O4.2CH4/c1-22-13(16(20)21)8-23-10-4-2-9(3-5-10)15(17)19-14-11-6-18-7-12(11)14;1-22-14(16(20)21)10-23-13-4-2-11(3-5-13)15(17)19-12-6-8-18-9-7-12;1-3-4-9-17-14(16)11-5-7-12(8-6-11)21-10-13(20-2)15(18)19;;/h2-5,11-14,18H,6-8H2,1H3,(H2,17,19)(H,20,21);2-5,12,14,18H,6-10H2,1H3,(H2,17,19)(H,20,21);5-8,13H,3-4,9-10H2,1-2H3,(H2,16,17)(H,18,19);2*1H4/t11-,12+,13-,14?;14-;13-;;/m000../s1. The van der Waals surface area contributed by atoms with Crippen LogP contribution in [0.1, 0.15) is 64.2 Å². The first-order valence-electron chi connectivity index (χ1n) is 22.1. The number of carboxylic acid groups (broad SMARTS) is 3. The van der Waals surface area contributed by atoms with Crippen molar-refractivity contribution in [3.8, 4) is 17.2 Å². The maximum Gasteiger partial charge on any atom is 0.336 e. The number of hydrogen-bond donors (Lipinski definition) is 8. The maximum absolute atomic E-state index is 10.8. The molecular formula is C49H74N8O12. The van der Waals surface area contributed by atoms with Crippen LogP contribution in [-0.4, -0.2) is 155 Å². The molecule has 1 unspecified atom stereocenters. The molecule has 382 valence electrons. The molecule has 0 spiro atoms. The highest BCUT2D eigenvalue weighted by molar-refractivity contribution is 5.98. The Balaban J connectivity index is 0.000000351. The van der Waals surface area contributed by atoms with Crippen LogP contribution in [0, 0.1) is 11.8 Å². The fraction of sp³-hybridized carbons (Fsp3) is 0.510. The molecule has 2 saturated heterocycles. The minimum Gasteiger partial charge on any atom is -0.490 e. The number of rotatable bonds is 23. The summed E-state index contributed by atoms with van der Waals surface area (Å²) in [7, 11) is 4.01. The molecule has 20 nitrogen and oxygen atoms in total. The van der Waals surface area contributed by atoms with Gasteiger partial charge in [0.1, 0.15) is 54.6 Å². The van der Waals surface area contributed by atoms with Gasteiger partial charge in [0.05, 0.1) is 12.1 Å². The first-order valence-corrected chi connectivity index (χ1v) is 22.1. The third-order valence-corrected chi connectivity index (χ3v) is 11.1. The van der Waals surface area contributed by atoms with Crippen LogP contribution in [0.3, 0.4) is 0 Å². The molecule has 0 aromatic heterocycles. The fourth-order valence-corrected chi connectivity index (χ4v) is 6.87. The molecule has 3 fully saturated rings. The number of carbonyl (C=O) groups is 3. The molecule has 69 heavy (non-hydrogen) atoms. The average Bonchev–Trinajstić information content (AvgIpc) is 3.71. The van der Waals surface area contributed by atoms with Crippen molar-refractivity contribution in [1.29, 1.82) is 0 Å². The lowest BCUT2D eigenvalue weighted by Crippen LogP contribution is -2.31. The number of nitrogens with one attached hydrogen (secondary N) is 2. The number of fused-ring (bicyclic) bond motifs is 1. The highest BCUT2D eigenvalue weighted by Gasteiger charge is 2.53. The van der Waals surface area contributed by atoms with Crippen LogP contribution >= 0.6 is 0 Å². The van der Waals surface area contributed by atoms with Crippen molar-refractivity contribution in [1.82, 2.24) is 10.6 Å². The number of aliphatic carboxylic acids is 3. The van der Waals surface area contributed by atoms with E-state index in [0.29, 0.717) is 59.2 Å². The van der Waals surface area contributed by atoms with E-state index in [9.17, 15) is 14.4 Å². The molecule has 0 bridgehead atoms. The Morgan fingerprint density at radius 1 is 0.594 bits per heavy atom. The van der Waals surface area contributed by atoms with E-state index in [1.54, 1.807) is 48.5 Å². The maximum atomic E-state index is 10.8. The molecule has 3 aliphatic rings. The first-order chi connectivity index (χ1) is 32.3. The summed E-state index contributed by atoms with van der Waals surface area (Å²) in [5.41, 5.74) is 20.5. The Labute approximate surface area is 405 Å². The lowest BCUT2D eigenvalue weighted by atomic mass is 10.1. The van der Waals surface area contributed by atoms with Crippen molar-refractivity contribution in [3.05, 3.63) is 89.5 Å². The zero-order valence-corrected chi connectivity index (χ0v) is 38.5. The van der Waals surface area contributed by atoms with E-state index in [1.165, 1.54) is 21.3 Å². The van der Waals surface area contributed by atoms with Crippen LogP contribution in [0.15, 0.2) is 87.8 Å². The van der Waals surface area contributed by atoms with Gasteiger partial charge in [-0.15, -0.1) is 0 Å². The minimum atomic E-state index is -1.05. The van der Waals surface area contributed by atoms with Gasteiger partial charge in [-0.05, 0) is 105 Å². The lowest BCUT2D eigenvalue weighted by molar-refractivity contribution is -0.151. The van der Waals surface area contributed by atoms with Crippen molar-refractivity contribution < 1.29 is 58.1 Å². The highest BCUT2D eigenvalue weighted by Crippen LogP contribution is 2.44. The van der Waals surface area contributed by atoms with Crippen molar-refractivity contribution in [2.75, 3.05) is 73.9 Å². The predicted octanol–water partition coefficient (Wildman–Crippen LogP) is 3.65. The summed E-state index contributed by atoms with van der Waals surface area (Å²) < 4.78 is 30.6. The van der Waals surface area contributed by atoms with E-state index < -0.39 is 36.2 Å². The van der Waals surface area contributed by atoms with Crippen molar-refractivity contribution >= 4 is 35.4 Å². The number of ether oxygens (including phenoxy) is 6. The van der Waals surface area contributed by atoms with Crippen LogP contribution < -0.4 is 42.0 Å². The Morgan fingerprint density at radius 2 is 0.957 bits per heavy atom. The van der Waals surface area contributed by atoms with Gasteiger partial charge in [-0.25, -0.2) is 14.4 Å². The lowest BCUT2D eigenvalue weighted by Gasteiger charge is -2.19.